The largest absolute Gasteiger partial charge is 0.398 e. The SMILES string of the molecule is CC(=O)[C@@H](NC(=O)c1ccc(N)c(Cl)c1)C(C)C. The first-order valence-electron chi connectivity index (χ1n) is 5.69. The second-order valence-electron chi connectivity index (χ2n) is 4.54. The predicted molar refractivity (Wildman–Crippen MR) is 72.6 cm³/mol. The van der Waals surface area contributed by atoms with Gasteiger partial charge in [-0.05, 0) is 31.0 Å². The number of carbonyl (C=O) groups is 2. The van der Waals surface area contributed by atoms with Gasteiger partial charge in [-0.1, -0.05) is 25.4 Å². The molecule has 98 valence electrons. The van der Waals surface area contributed by atoms with E-state index < -0.39 is 6.04 Å². The Morgan fingerprint density at radius 3 is 2.39 bits per heavy atom. The first-order valence-corrected chi connectivity index (χ1v) is 6.07. The van der Waals surface area contributed by atoms with Crippen molar-refractivity contribution in [2.45, 2.75) is 26.8 Å². The minimum absolute atomic E-state index is 0.0377. The maximum absolute atomic E-state index is 12.0. The van der Waals surface area contributed by atoms with Gasteiger partial charge in [0.1, 0.15) is 0 Å². The van der Waals surface area contributed by atoms with Gasteiger partial charge >= 0.3 is 0 Å². The Morgan fingerprint density at radius 1 is 1.33 bits per heavy atom. The molecule has 1 rings (SSSR count). The number of nitrogen functional groups attached to an aromatic ring is 1. The molecule has 1 aromatic rings. The van der Waals surface area contributed by atoms with Crippen LogP contribution in [0.1, 0.15) is 31.1 Å². The van der Waals surface area contributed by atoms with Crippen LogP contribution in [0.2, 0.25) is 5.02 Å². The number of nitrogens with one attached hydrogen (secondary N) is 1. The minimum atomic E-state index is -0.492. The van der Waals surface area contributed by atoms with E-state index in [1.165, 1.54) is 13.0 Å². The Balaban J connectivity index is 2.87. The molecule has 0 saturated carbocycles. The van der Waals surface area contributed by atoms with Gasteiger partial charge in [0.05, 0.1) is 16.8 Å². The number of benzene rings is 1. The Hall–Kier alpha value is -1.55. The highest BCUT2D eigenvalue weighted by Crippen LogP contribution is 2.19. The average Bonchev–Trinajstić information content (AvgIpc) is 2.28. The summed E-state index contributed by atoms with van der Waals surface area (Å²) in [5.41, 5.74) is 6.38. The molecule has 3 N–H and O–H groups in total. The van der Waals surface area contributed by atoms with Gasteiger partial charge in [0.15, 0.2) is 5.78 Å². The third kappa shape index (κ3) is 3.47. The quantitative estimate of drug-likeness (QED) is 0.823. The van der Waals surface area contributed by atoms with Crippen LogP contribution in [-0.4, -0.2) is 17.7 Å². The molecule has 1 amide bonds. The van der Waals surface area contributed by atoms with Gasteiger partial charge in [0, 0.05) is 5.56 Å². The third-order valence-corrected chi connectivity index (χ3v) is 2.98. The summed E-state index contributed by atoms with van der Waals surface area (Å²) in [4.78, 5) is 23.4. The highest BCUT2D eigenvalue weighted by molar-refractivity contribution is 6.33. The lowest BCUT2D eigenvalue weighted by Crippen LogP contribution is -2.43. The van der Waals surface area contributed by atoms with E-state index in [0.29, 0.717) is 16.3 Å². The molecule has 0 radical (unpaired) electrons. The van der Waals surface area contributed by atoms with Crippen molar-refractivity contribution in [3.63, 3.8) is 0 Å². The van der Waals surface area contributed by atoms with E-state index in [1.54, 1.807) is 12.1 Å². The number of carbonyl (C=O) groups excluding carboxylic acids is 2. The van der Waals surface area contributed by atoms with E-state index >= 15 is 0 Å². The molecule has 0 spiro atoms. The van der Waals surface area contributed by atoms with Crippen LogP contribution in [-0.2, 0) is 4.79 Å². The molecule has 0 aromatic heterocycles. The Labute approximate surface area is 112 Å². The lowest BCUT2D eigenvalue weighted by atomic mass is 10.0. The number of nitrogens with two attached hydrogens (primary N) is 1. The van der Waals surface area contributed by atoms with Crippen molar-refractivity contribution in [1.29, 1.82) is 0 Å². The molecule has 18 heavy (non-hydrogen) atoms. The number of amides is 1. The normalized spacial score (nSPS) is 12.3. The predicted octanol–water partition coefficient (Wildman–Crippen LogP) is 2.27. The van der Waals surface area contributed by atoms with Crippen molar-refractivity contribution < 1.29 is 9.59 Å². The first kappa shape index (κ1) is 14.5. The van der Waals surface area contributed by atoms with Crippen molar-refractivity contribution in [3.8, 4) is 0 Å². The minimum Gasteiger partial charge on any atom is -0.398 e. The van der Waals surface area contributed by atoms with Gasteiger partial charge < -0.3 is 11.1 Å². The molecule has 1 atom stereocenters. The van der Waals surface area contributed by atoms with E-state index in [9.17, 15) is 9.59 Å². The molecular weight excluding hydrogens is 252 g/mol. The van der Waals surface area contributed by atoms with E-state index in [-0.39, 0.29) is 17.6 Å². The van der Waals surface area contributed by atoms with Crippen LogP contribution in [0.5, 0.6) is 0 Å². The number of anilines is 1. The zero-order chi connectivity index (χ0) is 13.9. The number of ketones is 1. The number of halogens is 1. The van der Waals surface area contributed by atoms with Gasteiger partial charge in [0.25, 0.3) is 5.91 Å². The summed E-state index contributed by atoms with van der Waals surface area (Å²) in [6.45, 7) is 5.21. The molecule has 0 fully saturated rings. The summed E-state index contributed by atoms with van der Waals surface area (Å²) >= 11 is 5.85. The molecule has 5 heteroatoms. The molecule has 0 saturated heterocycles. The maximum Gasteiger partial charge on any atom is 0.251 e. The molecule has 1 aromatic carbocycles. The van der Waals surface area contributed by atoms with E-state index in [0.717, 1.165) is 0 Å². The van der Waals surface area contributed by atoms with Gasteiger partial charge in [-0.2, -0.15) is 0 Å². The first-order chi connectivity index (χ1) is 8.32. The monoisotopic (exact) mass is 268 g/mol. The van der Waals surface area contributed by atoms with Crippen molar-refractivity contribution in [3.05, 3.63) is 28.8 Å². The fourth-order valence-corrected chi connectivity index (χ4v) is 1.81. The highest BCUT2D eigenvalue weighted by atomic mass is 35.5. The smallest absolute Gasteiger partial charge is 0.251 e. The van der Waals surface area contributed by atoms with Crippen LogP contribution in [0, 0.1) is 5.92 Å². The topological polar surface area (TPSA) is 72.2 Å². The molecule has 0 aliphatic heterocycles. The standard InChI is InChI=1S/C13H17ClN2O2/c1-7(2)12(8(3)17)16-13(18)9-4-5-11(15)10(14)6-9/h4-7,12H,15H2,1-3H3,(H,16,18)/t12-/m0/s1. The molecule has 0 aliphatic rings. The average molecular weight is 269 g/mol. The van der Waals surface area contributed by atoms with Crippen LogP contribution in [0.3, 0.4) is 0 Å². The van der Waals surface area contributed by atoms with Crippen LogP contribution in [0.15, 0.2) is 18.2 Å². The van der Waals surface area contributed by atoms with Gasteiger partial charge in [-0.15, -0.1) is 0 Å². The summed E-state index contributed by atoms with van der Waals surface area (Å²) in [6.07, 6.45) is 0. The second kappa shape index (κ2) is 5.87. The van der Waals surface area contributed by atoms with E-state index in [4.69, 9.17) is 17.3 Å². The molecule has 4 nitrogen and oxygen atoms in total. The Bertz CT molecular complexity index is 472. The zero-order valence-electron chi connectivity index (χ0n) is 10.7. The molecule has 0 unspecified atom stereocenters. The number of Topliss-reactive ketones (excluding diaryl/α,β-unsaturated/α-hetero) is 1. The van der Waals surface area contributed by atoms with Crippen LogP contribution in [0.25, 0.3) is 0 Å². The molecule has 0 heterocycles. The summed E-state index contributed by atoms with van der Waals surface area (Å²) in [7, 11) is 0. The van der Waals surface area contributed by atoms with Crippen molar-refractivity contribution in [2.75, 3.05) is 5.73 Å². The summed E-state index contributed by atoms with van der Waals surface area (Å²) in [6, 6.07) is 4.14. The molecular formula is C13H17ClN2O2. The summed E-state index contributed by atoms with van der Waals surface area (Å²) in [5.74, 6) is -0.360. The van der Waals surface area contributed by atoms with Gasteiger partial charge in [0.2, 0.25) is 0 Å². The molecule has 0 bridgehead atoms. The lowest BCUT2D eigenvalue weighted by Gasteiger charge is -2.19. The third-order valence-electron chi connectivity index (χ3n) is 2.65. The highest BCUT2D eigenvalue weighted by Gasteiger charge is 2.21. The van der Waals surface area contributed by atoms with Crippen LogP contribution in [0.4, 0.5) is 5.69 Å². The number of rotatable bonds is 4. The Kier molecular flexibility index (Phi) is 4.73. The fourth-order valence-electron chi connectivity index (χ4n) is 1.63. The van der Waals surface area contributed by atoms with E-state index in [2.05, 4.69) is 5.32 Å². The number of hydrogen-bond donors (Lipinski definition) is 2. The van der Waals surface area contributed by atoms with Gasteiger partial charge in [-0.3, -0.25) is 9.59 Å². The van der Waals surface area contributed by atoms with Crippen molar-refractivity contribution in [1.82, 2.24) is 5.32 Å². The fraction of sp³-hybridized carbons (Fsp3) is 0.385. The van der Waals surface area contributed by atoms with Crippen LogP contribution < -0.4 is 11.1 Å². The second-order valence-corrected chi connectivity index (χ2v) is 4.95. The lowest BCUT2D eigenvalue weighted by molar-refractivity contribution is -0.119. The van der Waals surface area contributed by atoms with Crippen molar-refractivity contribution >= 4 is 29.0 Å². The number of hydrogen-bond acceptors (Lipinski definition) is 3. The molecule has 0 aliphatic carbocycles. The van der Waals surface area contributed by atoms with Crippen molar-refractivity contribution in [2.24, 2.45) is 5.92 Å². The maximum atomic E-state index is 12.0. The summed E-state index contributed by atoms with van der Waals surface area (Å²) < 4.78 is 0. The van der Waals surface area contributed by atoms with E-state index in [1.807, 2.05) is 13.8 Å². The Morgan fingerprint density at radius 2 is 1.94 bits per heavy atom. The zero-order valence-corrected chi connectivity index (χ0v) is 11.4. The van der Waals surface area contributed by atoms with Crippen LogP contribution >= 0.6 is 11.6 Å². The summed E-state index contributed by atoms with van der Waals surface area (Å²) in [5, 5.41) is 3.02. The van der Waals surface area contributed by atoms with Gasteiger partial charge in [-0.25, -0.2) is 0 Å².